The van der Waals surface area contributed by atoms with E-state index >= 15 is 0 Å². The average Bonchev–Trinajstić information content (AvgIpc) is 3.67. The predicted molar refractivity (Wildman–Crippen MR) is 154 cm³/mol. The molecule has 0 radical (unpaired) electrons. The van der Waals surface area contributed by atoms with Gasteiger partial charge in [-0.05, 0) is 68.9 Å². The molecule has 0 spiro atoms. The first-order chi connectivity index (χ1) is 19.5. The molecule has 1 aliphatic carbocycles. The van der Waals surface area contributed by atoms with Crippen LogP contribution in [0.15, 0.2) is 47.1 Å². The van der Waals surface area contributed by atoms with Crippen LogP contribution in [-0.4, -0.2) is 46.3 Å². The Morgan fingerprint density at radius 2 is 1.82 bits per heavy atom. The van der Waals surface area contributed by atoms with Crippen LogP contribution in [-0.2, 0) is 11.3 Å². The Morgan fingerprint density at radius 1 is 1.07 bits per heavy atom. The van der Waals surface area contributed by atoms with Crippen LogP contribution in [0.25, 0.3) is 22.3 Å². The molecule has 10 heteroatoms. The lowest BCUT2D eigenvalue weighted by Gasteiger charge is -2.40. The van der Waals surface area contributed by atoms with Crippen molar-refractivity contribution in [3.05, 3.63) is 69.5 Å². The van der Waals surface area contributed by atoms with Gasteiger partial charge < -0.3 is 19.5 Å². The fourth-order valence-electron chi connectivity index (χ4n) is 6.41. The van der Waals surface area contributed by atoms with Gasteiger partial charge in [0.15, 0.2) is 0 Å². The third kappa shape index (κ3) is 4.62. The van der Waals surface area contributed by atoms with Gasteiger partial charge in [0.05, 0.1) is 39.9 Å². The molecule has 2 saturated heterocycles. The second-order valence-electron chi connectivity index (χ2n) is 11.0. The number of anilines is 1. The van der Waals surface area contributed by atoms with E-state index in [9.17, 15) is 4.79 Å². The number of nitrogens with zero attached hydrogens (tertiary/aromatic N) is 4. The monoisotopic (exact) mass is 577 g/mol. The zero-order valence-electron chi connectivity index (χ0n) is 22.1. The molecule has 2 atom stereocenters. The number of piperidine rings is 1. The van der Waals surface area contributed by atoms with Crippen molar-refractivity contribution in [1.82, 2.24) is 20.4 Å². The third-order valence-electron chi connectivity index (χ3n) is 8.48. The van der Waals surface area contributed by atoms with E-state index in [1.165, 1.54) is 7.11 Å². The first kappa shape index (κ1) is 25.7. The Hall–Kier alpha value is -3.20. The molecule has 2 bridgehead atoms. The van der Waals surface area contributed by atoms with Crippen molar-refractivity contribution in [3.63, 3.8) is 0 Å². The second-order valence-corrected chi connectivity index (χ2v) is 11.8. The van der Waals surface area contributed by atoms with Crippen LogP contribution in [0.2, 0.25) is 10.0 Å². The number of esters is 1. The maximum atomic E-state index is 11.9. The molecule has 3 fully saturated rings. The number of ether oxygens (including phenoxy) is 1. The molecule has 7 rings (SSSR count). The van der Waals surface area contributed by atoms with Gasteiger partial charge in [-0.25, -0.2) is 9.78 Å². The summed E-state index contributed by atoms with van der Waals surface area (Å²) in [4.78, 5) is 23.9. The molecule has 2 aromatic carbocycles. The second kappa shape index (κ2) is 10.3. The number of benzene rings is 2. The molecule has 1 saturated carbocycles. The lowest BCUT2D eigenvalue weighted by Crippen LogP contribution is -2.49. The predicted octanol–water partition coefficient (Wildman–Crippen LogP) is 6.55. The zero-order chi connectivity index (χ0) is 27.4. The number of nitrogens with one attached hydrogen (secondary N) is 1. The van der Waals surface area contributed by atoms with Crippen molar-refractivity contribution >= 4 is 46.0 Å². The molecule has 2 aromatic heterocycles. The van der Waals surface area contributed by atoms with Crippen LogP contribution in [0.3, 0.4) is 0 Å². The van der Waals surface area contributed by atoms with Crippen molar-refractivity contribution in [2.75, 3.05) is 12.0 Å². The first-order valence-corrected chi connectivity index (χ1v) is 14.6. The normalized spacial score (nSPS) is 22.2. The molecule has 40 heavy (non-hydrogen) atoms. The summed E-state index contributed by atoms with van der Waals surface area (Å²) >= 11 is 13.1. The summed E-state index contributed by atoms with van der Waals surface area (Å²) in [6, 6.07) is 12.0. The van der Waals surface area contributed by atoms with Gasteiger partial charge in [-0.2, -0.15) is 0 Å². The number of carbonyl (C=O) groups excluding carboxylic acids is 1. The molecule has 8 nitrogen and oxygen atoms in total. The zero-order valence-corrected chi connectivity index (χ0v) is 23.6. The minimum atomic E-state index is -0.377. The van der Waals surface area contributed by atoms with E-state index in [-0.39, 0.29) is 5.97 Å². The van der Waals surface area contributed by atoms with E-state index in [1.54, 1.807) is 12.1 Å². The van der Waals surface area contributed by atoms with Crippen LogP contribution in [0.4, 0.5) is 5.82 Å². The molecular formula is C30H29Cl2N5O3. The smallest absolute Gasteiger partial charge is 0.337 e. The topological polar surface area (TPSA) is 93.4 Å². The van der Waals surface area contributed by atoms with E-state index < -0.39 is 0 Å². The quantitative estimate of drug-likeness (QED) is 0.247. The summed E-state index contributed by atoms with van der Waals surface area (Å²) in [5, 5.41) is 9.42. The van der Waals surface area contributed by atoms with Gasteiger partial charge in [0.2, 0.25) is 0 Å². The maximum Gasteiger partial charge on any atom is 0.337 e. The first-order valence-electron chi connectivity index (χ1n) is 13.8. The van der Waals surface area contributed by atoms with Gasteiger partial charge in [-0.1, -0.05) is 34.4 Å². The number of hydrogen-bond acceptors (Lipinski definition) is 8. The van der Waals surface area contributed by atoms with Crippen LogP contribution in [0.5, 0.6) is 0 Å². The standard InChI is InChI=1S/C30H29Cl2N5O3/c1-39-30(38)17-7-10-24-25(11-17)34-15-26(35-24)37-19-8-9-20(37)13-18(12-19)33-14-21-28(36-40-29(21)16-5-6-16)27-22(31)3-2-4-23(27)32/h2-4,7,10-11,15-16,18-20,33H,5-6,8-9,12-14H2,1H3. The number of methoxy groups -OCH3 is 1. The van der Waals surface area contributed by atoms with Gasteiger partial charge in [0, 0.05) is 41.7 Å². The van der Waals surface area contributed by atoms with Crippen molar-refractivity contribution in [2.24, 2.45) is 0 Å². The Bertz CT molecular complexity index is 1570. The van der Waals surface area contributed by atoms with Crippen LogP contribution in [0.1, 0.15) is 66.1 Å². The minimum Gasteiger partial charge on any atom is -0.465 e. The fraction of sp³-hybridized carbons (Fsp3) is 0.400. The van der Waals surface area contributed by atoms with Gasteiger partial charge in [0.1, 0.15) is 17.3 Å². The van der Waals surface area contributed by atoms with Gasteiger partial charge in [-0.15, -0.1) is 0 Å². The van der Waals surface area contributed by atoms with E-state index in [1.807, 2.05) is 30.5 Å². The number of rotatable bonds is 7. The highest BCUT2D eigenvalue weighted by atomic mass is 35.5. The Kier molecular flexibility index (Phi) is 6.65. The average molecular weight is 579 g/mol. The molecule has 4 heterocycles. The van der Waals surface area contributed by atoms with Crippen molar-refractivity contribution in [1.29, 1.82) is 0 Å². The summed E-state index contributed by atoms with van der Waals surface area (Å²) in [5.74, 6) is 1.90. The van der Waals surface area contributed by atoms with Crippen LogP contribution >= 0.6 is 23.2 Å². The number of aromatic nitrogens is 3. The van der Waals surface area contributed by atoms with Crippen molar-refractivity contribution < 1.29 is 14.1 Å². The van der Waals surface area contributed by atoms with Gasteiger partial charge >= 0.3 is 5.97 Å². The summed E-state index contributed by atoms with van der Waals surface area (Å²) in [7, 11) is 1.38. The SMILES string of the molecule is COC(=O)c1ccc2nc(N3C4CCC3CC(NCc3c(-c5c(Cl)cccc5Cl)noc3C3CC3)C4)cnc2c1. The summed E-state index contributed by atoms with van der Waals surface area (Å²) in [6.07, 6.45) is 8.37. The molecule has 3 aliphatic rings. The Morgan fingerprint density at radius 3 is 2.52 bits per heavy atom. The van der Waals surface area contributed by atoms with E-state index in [0.29, 0.717) is 51.7 Å². The molecule has 1 N–H and O–H groups in total. The highest BCUT2D eigenvalue weighted by Crippen LogP contribution is 2.46. The molecular weight excluding hydrogens is 549 g/mol. The van der Waals surface area contributed by atoms with Crippen molar-refractivity contribution in [3.8, 4) is 11.3 Å². The lowest BCUT2D eigenvalue weighted by molar-refractivity contribution is 0.0601. The van der Waals surface area contributed by atoms with Crippen LogP contribution in [0, 0.1) is 0 Å². The third-order valence-corrected chi connectivity index (χ3v) is 9.11. The van der Waals surface area contributed by atoms with E-state index in [4.69, 9.17) is 37.4 Å². The van der Waals surface area contributed by atoms with Gasteiger partial charge in [-0.3, -0.25) is 4.98 Å². The number of fused-ring (bicyclic) bond motifs is 3. The largest absolute Gasteiger partial charge is 0.465 e. The summed E-state index contributed by atoms with van der Waals surface area (Å²) < 4.78 is 10.7. The number of hydrogen-bond donors (Lipinski definition) is 1. The summed E-state index contributed by atoms with van der Waals surface area (Å²) in [5.41, 5.74) is 4.48. The summed E-state index contributed by atoms with van der Waals surface area (Å²) in [6.45, 7) is 0.661. The molecule has 206 valence electrons. The molecule has 2 aliphatic heterocycles. The molecule has 4 aromatic rings. The highest BCUT2D eigenvalue weighted by Gasteiger charge is 2.42. The Balaban J connectivity index is 1.09. The minimum absolute atomic E-state index is 0.362. The Labute approximate surface area is 242 Å². The lowest BCUT2D eigenvalue weighted by atomic mass is 9.96. The molecule has 0 amide bonds. The van der Waals surface area contributed by atoms with E-state index in [2.05, 4.69) is 20.4 Å². The number of carbonyl (C=O) groups is 1. The van der Waals surface area contributed by atoms with Crippen molar-refractivity contribution in [2.45, 2.75) is 69.1 Å². The number of halogens is 2. The fourth-order valence-corrected chi connectivity index (χ4v) is 6.99. The van der Waals surface area contributed by atoms with Crippen LogP contribution < -0.4 is 10.2 Å². The highest BCUT2D eigenvalue weighted by molar-refractivity contribution is 6.39. The maximum absolute atomic E-state index is 11.9. The van der Waals surface area contributed by atoms with E-state index in [0.717, 1.165) is 72.4 Å². The van der Waals surface area contributed by atoms with Gasteiger partial charge in [0.25, 0.3) is 0 Å². The molecule has 2 unspecified atom stereocenters.